The largest absolute Gasteiger partial charge is 0.480 e. The predicted octanol–water partition coefficient (Wildman–Crippen LogP) is -2.76. The van der Waals surface area contributed by atoms with E-state index in [1.165, 1.54) is 6.92 Å². The fourth-order valence-electron chi connectivity index (χ4n) is 2.83. The maximum Gasteiger partial charge on any atom is 0.325 e. The molecule has 0 fully saturated rings. The van der Waals surface area contributed by atoms with Crippen LogP contribution in [0.5, 0.6) is 0 Å². The van der Waals surface area contributed by atoms with Gasteiger partial charge in [-0.1, -0.05) is 13.8 Å². The second-order valence-corrected chi connectivity index (χ2v) is 8.38. The van der Waals surface area contributed by atoms with E-state index in [1.807, 2.05) is 13.8 Å². The highest BCUT2D eigenvalue weighted by Gasteiger charge is 2.29. The number of carboxylic acids is 1. The molecular weight excluding hydrogens is 448 g/mol. The summed E-state index contributed by atoms with van der Waals surface area (Å²) in [6.07, 6.45) is 0.572. The van der Waals surface area contributed by atoms with Crippen LogP contribution in [0.15, 0.2) is 4.99 Å². The number of guanidine groups is 1. The normalized spacial score (nSPS) is 14.3. The summed E-state index contributed by atoms with van der Waals surface area (Å²) in [4.78, 5) is 63.9. The van der Waals surface area contributed by atoms with E-state index in [1.54, 1.807) is 0 Å². The molecule has 0 radical (unpaired) electrons. The van der Waals surface area contributed by atoms with Crippen molar-refractivity contribution in [2.45, 2.75) is 77.0 Å². The number of primary amides is 1. The lowest BCUT2D eigenvalue weighted by Gasteiger charge is -2.25. The Morgan fingerprint density at radius 3 is 1.91 bits per heavy atom. The molecule has 0 aliphatic carbocycles. The van der Waals surface area contributed by atoms with Crippen LogP contribution in [0.2, 0.25) is 0 Å². The van der Waals surface area contributed by atoms with Gasteiger partial charge in [-0.05, 0) is 38.5 Å². The van der Waals surface area contributed by atoms with Gasteiger partial charge in [-0.25, -0.2) is 0 Å². The maximum atomic E-state index is 13.0. The molecule has 194 valence electrons. The Morgan fingerprint density at radius 2 is 1.41 bits per heavy atom. The van der Waals surface area contributed by atoms with Crippen molar-refractivity contribution in [2.75, 3.05) is 6.54 Å². The fourth-order valence-corrected chi connectivity index (χ4v) is 2.83. The van der Waals surface area contributed by atoms with E-state index in [4.69, 9.17) is 28.0 Å². The molecule has 4 unspecified atom stereocenters. The van der Waals surface area contributed by atoms with Crippen LogP contribution in [-0.4, -0.2) is 71.4 Å². The van der Waals surface area contributed by atoms with E-state index in [-0.39, 0.29) is 44.1 Å². The number of carbonyl (C=O) groups is 5. The van der Waals surface area contributed by atoms with E-state index >= 15 is 0 Å². The zero-order valence-corrected chi connectivity index (χ0v) is 19.9. The first-order chi connectivity index (χ1) is 15.7. The molecule has 0 aliphatic heterocycles. The second-order valence-electron chi connectivity index (χ2n) is 8.38. The third-order valence-electron chi connectivity index (χ3n) is 4.69. The SMILES string of the molecule is CC(C)CC(NC(=O)C(CCCN=C(N)N)NC(=O)C(N)CCC(N)=O)C(=O)NC(C)C(=O)O. The van der Waals surface area contributed by atoms with Gasteiger partial charge in [0, 0.05) is 13.0 Å². The lowest BCUT2D eigenvalue weighted by Crippen LogP contribution is -2.57. The van der Waals surface area contributed by atoms with Crippen molar-refractivity contribution in [3.8, 4) is 0 Å². The van der Waals surface area contributed by atoms with Crippen LogP contribution in [0.1, 0.15) is 52.9 Å². The quantitative estimate of drug-likeness (QED) is 0.0637. The molecule has 0 aliphatic rings. The molecule has 0 spiro atoms. The van der Waals surface area contributed by atoms with Crippen molar-refractivity contribution in [3.05, 3.63) is 0 Å². The Labute approximate surface area is 198 Å². The summed E-state index contributed by atoms with van der Waals surface area (Å²) in [5, 5.41) is 16.5. The average Bonchev–Trinajstić information content (AvgIpc) is 2.72. The summed E-state index contributed by atoms with van der Waals surface area (Å²) in [6, 6.07) is -4.35. The van der Waals surface area contributed by atoms with Crippen LogP contribution in [0.25, 0.3) is 0 Å². The number of nitrogens with two attached hydrogens (primary N) is 4. The molecule has 0 saturated heterocycles. The van der Waals surface area contributed by atoms with E-state index in [0.29, 0.717) is 6.42 Å². The van der Waals surface area contributed by atoms with Crippen LogP contribution in [0.4, 0.5) is 0 Å². The van der Waals surface area contributed by atoms with Crippen LogP contribution < -0.4 is 38.9 Å². The van der Waals surface area contributed by atoms with Gasteiger partial charge in [0.1, 0.15) is 18.1 Å². The molecule has 0 bridgehead atoms. The number of hydrogen-bond donors (Lipinski definition) is 8. The maximum absolute atomic E-state index is 13.0. The number of carboxylic acid groups (broad SMARTS) is 1. The molecule has 12 N–H and O–H groups in total. The molecule has 0 aromatic heterocycles. The van der Waals surface area contributed by atoms with Gasteiger partial charge in [0.05, 0.1) is 6.04 Å². The highest BCUT2D eigenvalue weighted by Crippen LogP contribution is 2.08. The van der Waals surface area contributed by atoms with Crippen molar-refractivity contribution >= 4 is 35.6 Å². The van der Waals surface area contributed by atoms with Gasteiger partial charge < -0.3 is 44.0 Å². The molecule has 0 heterocycles. The van der Waals surface area contributed by atoms with Crippen LogP contribution in [0, 0.1) is 5.92 Å². The Bertz CT molecular complexity index is 753. The number of nitrogens with zero attached hydrogens (tertiary/aromatic N) is 1. The zero-order chi connectivity index (χ0) is 26.4. The smallest absolute Gasteiger partial charge is 0.325 e. The van der Waals surface area contributed by atoms with Gasteiger partial charge in [0.25, 0.3) is 0 Å². The fraction of sp³-hybridized carbons (Fsp3) is 0.700. The van der Waals surface area contributed by atoms with E-state index < -0.39 is 53.8 Å². The number of aliphatic imine (C=N–C) groups is 1. The lowest BCUT2D eigenvalue weighted by atomic mass is 10.0. The molecule has 14 nitrogen and oxygen atoms in total. The summed E-state index contributed by atoms with van der Waals surface area (Å²) < 4.78 is 0. The molecule has 34 heavy (non-hydrogen) atoms. The summed E-state index contributed by atoms with van der Waals surface area (Å²) >= 11 is 0. The van der Waals surface area contributed by atoms with Gasteiger partial charge in [0.15, 0.2) is 5.96 Å². The molecule has 0 saturated carbocycles. The van der Waals surface area contributed by atoms with Gasteiger partial charge >= 0.3 is 5.97 Å². The van der Waals surface area contributed by atoms with Gasteiger partial charge in [-0.2, -0.15) is 0 Å². The number of nitrogens with one attached hydrogen (secondary N) is 3. The first kappa shape index (κ1) is 30.6. The lowest BCUT2D eigenvalue weighted by molar-refractivity contribution is -0.142. The summed E-state index contributed by atoms with van der Waals surface area (Å²) in [5.41, 5.74) is 21.4. The van der Waals surface area contributed by atoms with E-state index in [0.717, 1.165) is 0 Å². The van der Waals surface area contributed by atoms with Crippen LogP contribution in [0.3, 0.4) is 0 Å². The van der Waals surface area contributed by atoms with Gasteiger partial charge in [0.2, 0.25) is 23.6 Å². The van der Waals surface area contributed by atoms with Crippen LogP contribution >= 0.6 is 0 Å². The summed E-state index contributed by atoms with van der Waals surface area (Å²) in [6.45, 7) is 5.16. The standard InChI is InChI=1S/C20H38N8O6/c1-10(2)9-14(18(32)26-11(3)19(33)34)28-17(31)13(5-4-8-25-20(23)24)27-16(30)12(21)6-7-15(22)29/h10-14H,4-9,21H2,1-3H3,(H2,22,29)(H,26,32)(H,27,30)(H,28,31)(H,33,34)(H4,23,24,25). The zero-order valence-electron chi connectivity index (χ0n) is 19.9. The van der Waals surface area contributed by atoms with Crippen LogP contribution in [-0.2, 0) is 24.0 Å². The number of rotatable bonds is 16. The Morgan fingerprint density at radius 1 is 0.853 bits per heavy atom. The number of hydrogen-bond acceptors (Lipinski definition) is 7. The summed E-state index contributed by atoms with van der Waals surface area (Å²) in [5.74, 6) is -3.98. The topological polar surface area (TPSA) is 258 Å². The minimum Gasteiger partial charge on any atom is -0.480 e. The van der Waals surface area contributed by atoms with Crippen molar-refractivity contribution in [1.29, 1.82) is 0 Å². The third kappa shape index (κ3) is 13.2. The van der Waals surface area contributed by atoms with Crippen molar-refractivity contribution in [3.63, 3.8) is 0 Å². The predicted molar refractivity (Wildman–Crippen MR) is 125 cm³/mol. The molecule has 14 heteroatoms. The summed E-state index contributed by atoms with van der Waals surface area (Å²) in [7, 11) is 0. The molecular formula is C20H38N8O6. The van der Waals surface area contributed by atoms with E-state index in [2.05, 4.69) is 20.9 Å². The van der Waals surface area contributed by atoms with Crippen molar-refractivity contribution in [1.82, 2.24) is 16.0 Å². The molecule has 4 amide bonds. The minimum atomic E-state index is -1.22. The van der Waals surface area contributed by atoms with Crippen molar-refractivity contribution < 1.29 is 29.1 Å². The third-order valence-corrected chi connectivity index (χ3v) is 4.69. The molecule has 4 atom stereocenters. The molecule has 0 aromatic rings. The molecule has 0 rings (SSSR count). The monoisotopic (exact) mass is 486 g/mol. The highest BCUT2D eigenvalue weighted by molar-refractivity contribution is 5.94. The first-order valence-electron chi connectivity index (χ1n) is 11.0. The highest BCUT2D eigenvalue weighted by atomic mass is 16.4. The van der Waals surface area contributed by atoms with Crippen molar-refractivity contribution in [2.24, 2.45) is 33.8 Å². The van der Waals surface area contributed by atoms with Gasteiger partial charge in [-0.15, -0.1) is 0 Å². The number of amides is 4. The second kappa shape index (κ2) is 15.4. The number of aliphatic carboxylic acids is 1. The Hall–Kier alpha value is -3.42. The average molecular weight is 487 g/mol. The van der Waals surface area contributed by atoms with Gasteiger partial charge in [-0.3, -0.25) is 29.0 Å². The molecule has 0 aromatic carbocycles. The Kier molecular flexibility index (Phi) is 13.9. The Balaban J connectivity index is 5.45. The first-order valence-corrected chi connectivity index (χ1v) is 11.0. The van der Waals surface area contributed by atoms with E-state index in [9.17, 15) is 24.0 Å². The minimum absolute atomic E-state index is 0.00500. The number of carbonyl (C=O) groups excluding carboxylic acids is 4.